The van der Waals surface area contributed by atoms with Crippen molar-refractivity contribution < 1.29 is 22.8 Å². The second kappa shape index (κ2) is 12.8. The molecule has 12 heteroatoms. The second-order valence-corrected chi connectivity index (χ2v) is 11.0. The van der Waals surface area contributed by atoms with Crippen LogP contribution in [0.3, 0.4) is 0 Å². The van der Waals surface area contributed by atoms with Crippen LogP contribution in [0.25, 0.3) is 10.8 Å². The lowest BCUT2D eigenvalue weighted by Crippen LogP contribution is -2.55. The first-order valence-corrected chi connectivity index (χ1v) is 14.2. The van der Waals surface area contributed by atoms with Gasteiger partial charge in [0.2, 0.25) is 27.7 Å². The van der Waals surface area contributed by atoms with Gasteiger partial charge in [0.05, 0.1) is 18.0 Å². The van der Waals surface area contributed by atoms with Crippen molar-refractivity contribution in [3.05, 3.63) is 67.0 Å². The monoisotopic (exact) mass is 552 g/mol. The van der Waals surface area contributed by atoms with Crippen LogP contribution in [0.1, 0.15) is 12.8 Å². The predicted octanol–water partition coefficient (Wildman–Crippen LogP) is 0.777. The van der Waals surface area contributed by atoms with E-state index in [1.54, 1.807) is 36.7 Å². The first-order valence-electron chi connectivity index (χ1n) is 12.7. The average molecular weight is 553 g/mol. The highest BCUT2D eigenvalue weighted by molar-refractivity contribution is 7.89. The highest BCUT2D eigenvalue weighted by atomic mass is 32.2. The van der Waals surface area contributed by atoms with Gasteiger partial charge >= 0.3 is 0 Å². The Labute approximate surface area is 227 Å². The molecule has 1 fully saturated rings. The number of carbonyl (C=O) groups is 3. The number of piperidine rings is 1. The molecule has 1 saturated heterocycles. The van der Waals surface area contributed by atoms with Crippen LogP contribution in [0, 0.1) is 5.92 Å². The number of rotatable bonds is 10. The normalized spacial score (nSPS) is 14.9. The molecule has 1 atom stereocenters. The van der Waals surface area contributed by atoms with Crippen molar-refractivity contribution in [2.24, 2.45) is 5.92 Å². The number of fused-ring (bicyclic) bond motifs is 1. The van der Waals surface area contributed by atoms with E-state index in [4.69, 9.17) is 0 Å². The Morgan fingerprint density at radius 3 is 2.41 bits per heavy atom. The zero-order chi connectivity index (χ0) is 27.8. The fraction of sp³-hybridized carbons (Fsp3) is 0.333. The Hall–Kier alpha value is -3.87. The number of carbonyl (C=O) groups excluding carboxylic acids is 3. The number of hydrogen-bond donors (Lipinski definition) is 4. The number of aromatic nitrogens is 1. The SMILES string of the molecule is CNC(=O)C(CN(C(=O)C1CCNCC1)c1ccncc1)NC(=O)CNS(=O)(=O)c1ccc2ccccc2c1. The molecule has 0 saturated carbocycles. The van der Waals surface area contributed by atoms with Crippen molar-refractivity contribution in [2.45, 2.75) is 23.8 Å². The third kappa shape index (κ3) is 7.16. The summed E-state index contributed by atoms with van der Waals surface area (Å²) in [5, 5.41) is 9.96. The van der Waals surface area contributed by atoms with Gasteiger partial charge in [-0.2, -0.15) is 0 Å². The number of amides is 3. The average Bonchev–Trinajstić information content (AvgIpc) is 2.98. The van der Waals surface area contributed by atoms with Crippen molar-refractivity contribution in [2.75, 3.05) is 38.1 Å². The van der Waals surface area contributed by atoms with Crippen LogP contribution in [-0.2, 0) is 24.4 Å². The fourth-order valence-corrected chi connectivity index (χ4v) is 5.53. The molecule has 206 valence electrons. The van der Waals surface area contributed by atoms with Crippen LogP contribution in [0.4, 0.5) is 5.69 Å². The molecule has 0 radical (unpaired) electrons. The molecule has 1 aromatic heterocycles. The van der Waals surface area contributed by atoms with Crippen molar-refractivity contribution in [3.8, 4) is 0 Å². The highest BCUT2D eigenvalue weighted by Crippen LogP contribution is 2.22. The summed E-state index contributed by atoms with van der Waals surface area (Å²) in [7, 11) is -2.57. The van der Waals surface area contributed by atoms with E-state index in [9.17, 15) is 22.8 Å². The van der Waals surface area contributed by atoms with Crippen LogP contribution < -0.4 is 25.6 Å². The zero-order valence-corrected chi connectivity index (χ0v) is 22.4. The maximum atomic E-state index is 13.5. The molecule has 0 spiro atoms. The maximum Gasteiger partial charge on any atom is 0.244 e. The van der Waals surface area contributed by atoms with E-state index in [2.05, 4.69) is 25.7 Å². The molecule has 3 aromatic rings. The molecule has 2 heterocycles. The summed E-state index contributed by atoms with van der Waals surface area (Å²) in [6.07, 6.45) is 4.42. The molecule has 2 aromatic carbocycles. The molecule has 1 unspecified atom stereocenters. The van der Waals surface area contributed by atoms with Gasteiger partial charge in [-0.05, 0) is 61.0 Å². The van der Waals surface area contributed by atoms with Gasteiger partial charge in [0.15, 0.2) is 0 Å². The van der Waals surface area contributed by atoms with Crippen molar-refractivity contribution in [3.63, 3.8) is 0 Å². The van der Waals surface area contributed by atoms with E-state index in [-0.39, 0.29) is 23.3 Å². The Kier molecular flexibility index (Phi) is 9.23. The van der Waals surface area contributed by atoms with Crippen LogP contribution in [0.2, 0.25) is 0 Å². The van der Waals surface area contributed by atoms with E-state index in [1.165, 1.54) is 24.1 Å². The number of likely N-dealkylation sites (N-methyl/N-ethyl adjacent to an activating group) is 1. The zero-order valence-electron chi connectivity index (χ0n) is 21.6. The smallest absolute Gasteiger partial charge is 0.244 e. The number of anilines is 1. The van der Waals surface area contributed by atoms with E-state index in [0.717, 1.165) is 10.8 Å². The molecule has 0 bridgehead atoms. The first-order chi connectivity index (χ1) is 18.8. The molecule has 1 aliphatic rings. The van der Waals surface area contributed by atoms with E-state index in [0.29, 0.717) is 31.6 Å². The largest absolute Gasteiger partial charge is 0.357 e. The number of benzene rings is 2. The predicted molar refractivity (Wildman–Crippen MR) is 147 cm³/mol. The maximum absolute atomic E-state index is 13.5. The first kappa shape index (κ1) is 28.1. The molecule has 4 N–H and O–H groups in total. The number of nitrogens with one attached hydrogen (secondary N) is 4. The van der Waals surface area contributed by atoms with Gasteiger partial charge in [-0.3, -0.25) is 19.4 Å². The Morgan fingerprint density at radius 2 is 1.72 bits per heavy atom. The number of sulfonamides is 1. The highest BCUT2D eigenvalue weighted by Gasteiger charge is 2.31. The summed E-state index contributed by atoms with van der Waals surface area (Å²) in [6.45, 7) is 0.719. The van der Waals surface area contributed by atoms with Crippen LogP contribution >= 0.6 is 0 Å². The summed E-state index contributed by atoms with van der Waals surface area (Å²) in [5.74, 6) is -1.60. The lowest BCUT2D eigenvalue weighted by Gasteiger charge is -2.32. The van der Waals surface area contributed by atoms with Crippen LogP contribution in [-0.4, -0.2) is 70.4 Å². The van der Waals surface area contributed by atoms with Gasteiger partial charge in [-0.25, -0.2) is 13.1 Å². The van der Waals surface area contributed by atoms with Gasteiger partial charge in [0.1, 0.15) is 6.04 Å². The minimum absolute atomic E-state index is 0.0216. The fourth-order valence-electron chi connectivity index (χ4n) is 4.51. The lowest BCUT2D eigenvalue weighted by atomic mass is 9.96. The molecular weight excluding hydrogens is 520 g/mol. The van der Waals surface area contributed by atoms with Gasteiger partial charge in [-0.1, -0.05) is 30.3 Å². The standard InChI is InChI=1S/C27H32N6O5S/c1-28-26(35)24(18-33(22-10-14-30-15-11-22)27(36)20-8-12-29-13-9-20)32-25(34)17-31-39(37,38)23-7-6-19-4-2-3-5-21(19)16-23/h2-7,10-11,14-16,20,24,29,31H,8-9,12-13,17-18H2,1H3,(H,28,35)(H,32,34). The van der Waals surface area contributed by atoms with E-state index in [1.807, 2.05) is 18.2 Å². The van der Waals surface area contributed by atoms with E-state index >= 15 is 0 Å². The Balaban J connectivity index is 1.46. The quantitative estimate of drug-likeness (QED) is 0.290. The lowest BCUT2D eigenvalue weighted by molar-refractivity contribution is -0.128. The molecule has 4 rings (SSSR count). The number of hydrogen-bond acceptors (Lipinski definition) is 7. The Morgan fingerprint density at radius 1 is 1.03 bits per heavy atom. The number of nitrogens with zero attached hydrogens (tertiary/aromatic N) is 2. The molecule has 39 heavy (non-hydrogen) atoms. The van der Waals surface area contributed by atoms with Gasteiger partial charge in [0.25, 0.3) is 0 Å². The van der Waals surface area contributed by atoms with Gasteiger partial charge in [-0.15, -0.1) is 0 Å². The third-order valence-electron chi connectivity index (χ3n) is 6.65. The van der Waals surface area contributed by atoms with Crippen molar-refractivity contribution >= 4 is 44.2 Å². The molecule has 0 aliphatic carbocycles. The van der Waals surface area contributed by atoms with Gasteiger partial charge < -0.3 is 20.9 Å². The third-order valence-corrected chi connectivity index (χ3v) is 8.04. The Bertz CT molecular complexity index is 1430. The van der Waals surface area contributed by atoms with Crippen molar-refractivity contribution in [1.82, 2.24) is 25.7 Å². The topological polar surface area (TPSA) is 150 Å². The van der Waals surface area contributed by atoms with E-state index < -0.39 is 34.4 Å². The number of pyridine rings is 1. The minimum atomic E-state index is -3.99. The summed E-state index contributed by atoms with van der Waals surface area (Å²) in [4.78, 5) is 44.5. The molecule has 3 amide bonds. The van der Waals surface area contributed by atoms with Crippen LogP contribution in [0.5, 0.6) is 0 Å². The molecular formula is C27H32N6O5S. The minimum Gasteiger partial charge on any atom is -0.357 e. The van der Waals surface area contributed by atoms with Crippen LogP contribution in [0.15, 0.2) is 71.9 Å². The molecule has 11 nitrogen and oxygen atoms in total. The summed E-state index contributed by atoms with van der Waals surface area (Å²) in [5.41, 5.74) is 0.550. The van der Waals surface area contributed by atoms with Crippen molar-refractivity contribution in [1.29, 1.82) is 0 Å². The summed E-state index contributed by atoms with van der Waals surface area (Å²) >= 11 is 0. The van der Waals surface area contributed by atoms with Gasteiger partial charge in [0, 0.05) is 31.0 Å². The molecule has 1 aliphatic heterocycles. The second-order valence-electron chi connectivity index (χ2n) is 9.25. The summed E-state index contributed by atoms with van der Waals surface area (Å²) < 4.78 is 28.0. The summed E-state index contributed by atoms with van der Waals surface area (Å²) in [6, 6.07) is 14.2.